The third-order valence-corrected chi connectivity index (χ3v) is 19.0. The first-order valence-corrected chi connectivity index (χ1v) is 45.7. The Morgan fingerprint density at radius 3 is 1.43 bits per heavy atom. The van der Waals surface area contributed by atoms with Gasteiger partial charge in [-0.05, 0) is 226 Å². The minimum absolute atomic E-state index is 0. The predicted octanol–water partition coefficient (Wildman–Crippen LogP) is 20.0. The molecule has 579 valence electrons. The third kappa shape index (κ3) is 33.8. The van der Waals surface area contributed by atoms with Crippen LogP contribution in [0.5, 0.6) is 0 Å². The van der Waals surface area contributed by atoms with Gasteiger partial charge >= 0.3 is 50.7 Å². The number of fused-ring (bicyclic) bond motifs is 4. The van der Waals surface area contributed by atoms with E-state index in [1.165, 1.54) is 55.9 Å². The van der Waals surface area contributed by atoms with Crippen molar-refractivity contribution in [3.63, 3.8) is 0 Å². The molecule has 7 aromatic heterocycles. The second-order valence-corrected chi connectivity index (χ2v) is 40.9. The molecule has 2 fully saturated rings. The predicted molar refractivity (Wildman–Crippen MR) is 462 cm³/mol. The van der Waals surface area contributed by atoms with Gasteiger partial charge in [0.15, 0.2) is 14.4 Å². The number of nitrogens with zero attached hydrogens (tertiary/aromatic N) is 11. The summed E-state index contributed by atoms with van der Waals surface area (Å²) in [5.74, 6) is 4.21. The number of halogens is 8. The Morgan fingerprint density at radius 1 is 0.633 bits per heavy atom. The van der Waals surface area contributed by atoms with E-state index >= 15 is 0 Å². The van der Waals surface area contributed by atoms with E-state index < -0.39 is 16.8 Å². The number of anilines is 1. The number of nitrogens with two attached hydrogens (primary N) is 3. The molecule has 0 amide bonds. The zero-order valence-electron chi connectivity index (χ0n) is 57.5. The van der Waals surface area contributed by atoms with Crippen LogP contribution in [-0.4, -0.2) is 111 Å². The van der Waals surface area contributed by atoms with Crippen LogP contribution < -0.4 is 38.7 Å². The molecule has 0 spiro atoms. The van der Waals surface area contributed by atoms with Crippen molar-refractivity contribution in [2.24, 2.45) is 16.9 Å². The summed E-state index contributed by atoms with van der Waals surface area (Å²) in [4.78, 5) is 40.6. The summed E-state index contributed by atoms with van der Waals surface area (Å²) in [6.45, 7) is 9.50. The van der Waals surface area contributed by atoms with E-state index in [0.29, 0.717) is 28.7 Å². The summed E-state index contributed by atoms with van der Waals surface area (Å²) in [6, 6.07) is 48.7. The topological polar surface area (TPSA) is 348 Å². The van der Waals surface area contributed by atoms with E-state index in [1.54, 1.807) is 81.2 Å². The average Bonchev–Trinajstić information content (AvgIpc) is 1.81. The van der Waals surface area contributed by atoms with Gasteiger partial charge in [-0.3, -0.25) is 24.5 Å². The zero-order valence-corrected chi connectivity index (χ0v) is 71.1. The second kappa shape index (κ2) is 47.8. The van der Waals surface area contributed by atoms with Gasteiger partial charge in [-0.1, -0.05) is 131 Å². The van der Waals surface area contributed by atoms with E-state index in [1.807, 2.05) is 96.9 Å². The van der Waals surface area contributed by atoms with Crippen molar-refractivity contribution in [3.05, 3.63) is 236 Å². The molecule has 2 aliphatic rings. The molecule has 0 radical (unpaired) electrons. The molecule has 0 saturated carbocycles. The van der Waals surface area contributed by atoms with Crippen molar-refractivity contribution in [1.82, 2.24) is 71.9 Å². The number of hydrogen-bond donors (Lipinski definition) is 8. The van der Waals surface area contributed by atoms with Crippen LogP contribution in [0.3, 0.4) is 0 Å². The van der Waals surface area contributed by atoms with Crippen LogP contribution in [0.4, 0.5) is 5.13 Å². The molecular formula is C72H75Br3Cl5CuN18O5PS4. The van der Waals surface area contributed by atoms with E-state index in [9.17, 15) is 14.3 Å². The van der Waals surface area contributed by atoms with Gasteiger partial charge in [-0.15, -0.1) is 35.5 Å². The Bertz CT molecular complexity index is 4900. The molecule has 6 aromatic carbocycles. The molecule has 3 atom stereocenters. The van der Waals surface area contributed by atoms with Crippen molar-refractivity contribution in [2.75, 3.05) is 31.9 Å². The fourth-order valence-corrected chi connectivity index (χ4v) is 13.2. The molecular weight excluding hydrogens is 1840 g/mol. The number of nitrogen functional groups attached to an aromatic ring is 1. The first kappa shape index (κ1) is 91.4. The Hall–Kier alpha value is -6.52. The van der Waals surface area contributed by atoms with Crippen LogP contribution in [0, 0.1) is 4.91 Å². The molecule has 0 aliphatic carbocycles. The Balaban J connectivity index is 0.000000205. The fourth-order valence-electron chi connectivity index (χ4n) is 10.2. The number of aromatic carboxylic acids is 1. The monoisotopic (exact) mass is 1910 g/mol. The first-order valence-electron chi connectivity index (χ1n) is 32.2. The van der Waals surface area contributed by atoms with Gasteiger partial charge in [0.25, 0.3) is 0 Å². The van der Waals surface area contributed by atoms with Crippen molar-refractivity contribution in [3.8, 4) is 31.7 Å². The molecule has 0 bridgehead atoms. The number of carboxylic acid groups (broad SMARTS) is 1. The normalized spacial score (nSPS) is 14.1. The summed E-state index contributed by atoms with van der Waals surface area (Å²) < 4.78 is 10.3. The molecule has 109 heavy (non-hydrogen) atoms. The molecule has 15 rings (SSSR count). The number of carbonyl (C=O) groups is 1. The van der Waals surface area contributed by atoms with Gasteiger partial charge in [-0.2, -0.15) is 0 Å². The SMILES string of the molecule is Brc1nnc(-c2ccc3cnccc3c2)s1.C.CC(C)(C)ON=O.Clc1ccc(C[C@H]2CC(c3nnc(-c4ccc5cnccc5c4)s3)CCN2)cc1.Clc1ccc(C[C@H]2CNCCN2)cc1.NNC(N)=S.Nc1nnc(-c2ccc3cnccc3c2)s1.O=C(O)c1ccc2cnccc2c1.O=P(Cl)(Cl)Cl.[Br][Cu][Br]. The molecule has 9 heterocycles. The van der Waals surface area contributed by atoms with Crippen LogP contribution in [0.25, 0.3) is 74.8 Å². The quantitative estimate of drug-likeness (QED) is 0.0157. The summed E-state index contributed by atoms with van der Waals surface area (Å²) in [5, 5.41) is 58.1. The van der Waals surface area contributed by atoms with Crippen LogP contribution in [-0.2, 0) is 33.6 Å². The molecule has 2 saturated heterocycles. The number of benzene rings is 6. The number of piperazine rings is 1. The Morgan fingerprint density at radius 2 is 1.05 bits per heavy atom. The number of pyridine rings is 4. The minimum atomic E-state index is -3.22. The van der Waals surface area contributed by atoms with Gasteiger partial charge in [-0.25, -0.2) is 10.6 Å². The van der Waals surface area contributed by atoms with Crippen LogP contribution in [0.1, 0.15) is 73.4 Å². The molecule has 2 aliphatic heterocycles. The number of hydrazine groups is 1. The van der Waals surface area contributed by atoms with Crippen molar-refractivity contribution in [1.29, 1.82) is 0 Å². The van der Waals surface area contributed by atoms with Crippen LogP contribution in [0.15, 0.2) is 204 Å². The molecule has 23 nitrogen and oxygen atoms in total. The van der Waals surface area contributed by atoms with Gasteiger partial charge in [0.05, 0.1) is 5.56 Å². The first-order chi connectivity index (χ1) is 51.8. The number of rotatable bonds is 10. The summed E-state index contributed by atoms with van der Waals surface area (Å²) >= 11 is 45.3. The van der Waals surface area contributed by atoms with Gasteiger partial charge in [0, 0.05) is 135 Å². The van der Waals surface area contributed by atoms with Gasteiger partial charge in [0.2, 0.25) is 5.13 Å². The standard InChI is InChI=1S/C23H21ClN4S.C11H6BrN3S.C11H15ClN2.C11H8N4S.C10H7NO2.C4H9NO2.CH5N3S.CH4.2BrH.Cl3OP.Cu/c24-20-5-1-15(2-6-20)11-21-13-18(8-10-26-21)23-28-27-22(29-23)17-3-4-19-14-25-9-7-16(19)12-17;12-11-15-14-10(16-11)8-1-2-9-6-13-4-3-7(9)5-8;12-10-3-1-9(2-4-10)7-11-8-13-5-6-14-11;12-11-15-14-10(16-11)8-1-2-9-6-13-4-3-7(9)5-8;12-10(13)8-1-2-9-6-11-4-3-7(9)5-8;1-4(2,3)7-5-6;2-1(5)4-3;;;;1-5(2,3)4;/h1-7,9,12,14,18,21,26H,8,10-11,13H2;1-6H;1-4,11,13-14H,5-8H2;1-6H,(H2,12,15);1-6H,(H,12,13);1-3H3;3H2,(H3,2,4,5);1H4;2*1H;;/q;;;;;;;;;;;+2/p-2/t18?,21-;;11-;;;;;;;;;/m0.0........./s1. The van der Waals surface area contributed by atoms with Crippen LogP contribution in [0.2, 0.25) is 10.0 Å². The average molecular weight is 1910 g/mol. The Kier molecular flexibility index (Phi) is 40.0. The molecule has 37 heteroatoms. The van der Waals surface area contributed by atoms with Crippen molar-refractivity contribution in [2.45, 2.75) is 77.5 Å². The maximum absolute atomic E-state index is 10.6. The summed E-state index contributed by atoms with van der Waals surface area (Å²) in [7, 11) is 0. The summed E-state index contributed by atoms with van der Waals surface area (Å²) in [6.07, 6.45) is 18.6. The maximum atomic E-state index is 10.6. The van der Waals surface area contributed by atoms with E-state index in [2.05, 4.69) is 227 Å². The number of thiocarbonyl (C=S) groups is 1. The number of nitrogens with one attached hydrogen (secondary N) is 4. The van der Waals surface area contributed by atoms with Crippen LogP contribution >= 0.6 is 153 Å². The van der Waals surface area contributed by atoms with Crippen molar-refractivity contribution >= 4 is 212 Å². The Labute approximate surface area is 701 Å². The molecule has 11 N–H and O–H groups in total. The molecule has 13 aromatic rings. The van der Waals surface area contributed by atoms with E-state index in [-0.39, 0.29) is 12.5 Å². The molecule has 1 unspecified atom stereocenters. The number of hydrogen-bond acceptors (Lipinski definition) is 24. The second-order valence-electron chi connectivity index (χ2n) is 23.9. The summed E-state index contributed by atoms with van der Waals surface area (Å²) in [5.41, 5.74) is 18.2. The van der Waals surface area contributed by atoms with Gasteiger partial charge < -0.3 is 42.8 Å². The fraction of sp³-hybridized carbons (Fsp3) is 0.222. The van der Waals surface area contributed by atoms with Crippen molar-refractivity contribution < 1.29 is 30.6 Å². The number of carboxylic acids is 1. The van der Waals surface area contributed by atoms with Gasteiger partial charge in [0.1, 0.15) is 25.6 Å². The number of piperidine rings is 1. The number of aromatic nitrogens is 10. The van der Waals surface area contributed by atoms with E-state index in [0.717, 1.165) is 135 Å². The van der Waals surface area contributed by atoms with E-state index in [4.69, 9.17) is 39.8 Å². The zero-order chi connectivity index (χ0) is 78.0. The third-order valence-electron chi connectivity index (χ3n) is 15.0.